The first-order valence-electron chi connectivity index (χ1n) is 6.48. The third-order valence-corrected chi connectivity index (χ3v) is 3.22. The molecule has 0 atom stereocenters. The largest absolute Gasteiger partial charge is 0.497 e. The summed E-state index contributed by atoms with van der Waals surface area (Å²) in [6.07, 6.45) is 0. The van der Waals surface area contributed by atoms with Crippen LogP contribution in [0.5, 0.6) is 5.75 Å². The number of anilines is 1. The van der Waals surface area contributed by atoms with Gasteiger partial charge in [0.1, 0.15) is 5.75 Å². The second-order valence-electron chi connectivity index (χ2n) is 4.71. The molecule has 2 N–H and O–H groups in total. The van der Waals surface area contributed by atoms with Crippen molar-refractivity contribution in [2.45, 2.75) is 6.92 Å². The first-order valence-corrected chi connectivity index (χ1v) is 6.48. The average Bonchev–Trinajstić information content (AvgIpc) is 2.97. The van der Waals surface area contributed by atoms with E-state index in [0.29, 0.717) is 17.3 Å². The van der Waals surface area contributed by atoms with Gasteiger partial charge in [-0.25, -0.2) is 0 Å². The molecule has 1 heterocycles. The second kappa shape index (κ2) is 5.24. The Morgan fingerprint density at radius 3 is 2.76 bits per heavy atom. The van der Waals surface area contributed by atoms with E-state index in [-0.39, 0.29) is 0 Å². The van der Waals surface area contributed by atoms with E-state index >= 15 is 0 Å². The highest BCUT2D eigenvalue weighted by Gasteiger charge is 2.14. The lowest BCUT2D eigenvalue weighted by Gasteiger charge is -2.09. The molecule has 106 valence electrons. The summed E-state index contributed by atoms with van der Waals surface area (Å²) in [4.78, 5) is 0. The summed E-state index contributed by atoms with van der Waals surface area (Å²) in [6, 6.07) is 13.4. The van der Waals surface area contributed by atoms with Crippen molar-refractivity contribution in [3.05, 3.63) is 48.0 Å². The van der Waals surface area contributed by atoms with Gasteiger partial charge in [0, 0.05) is 11.3 Å². The molecule has 0 fully saturated rings. The average molecular weight is 281 g/mol. The van der Waals surface area contributed by atoms with Gasteiger partial charge in [0.25, 0.3) is 0 Å². The number of aryl methyl sites for hydroxylation is 1. The lowest BCUT2D eigenvalue weighted by molar-refractivity contribution is 0.415. The summed E-state index contributed by atoms with van der Waals surface area (Å²) >= 11 is 0. The molecule has 3 rings (SSSR count). The highest BCUT2D eigenvalue weighted by Crippen LogP contribution is 2.29. The lowest BCUT2D eigenvalue weighted by atomic mass is 10.1. The molecule has 0 aliphatic heterocycles. The number of hydrogen-bond acceptors (Lipinski definition) is 5. The van der Waals surface area contributed by atoms with Gasteiger partial charge < -0.3 is 10.5 Å². The summed E-state index contributed by atoms with van der Waals surface area (Å²) < 4.78 is 6.90. The van der Waals surface area contributed by atoms with E-state index in [4.69, 9.17) is 10.5 Å². The molecule has 0 unspecified atom stereocenters. The van der Waals surface area contributed by atoms with E-state index in [1.807, 2.05) is 37.3 Å². The summed E-state index contributed by atoms with van der Waals surface area (Å²) in [5.74, 6) is 1.29. The number of ether oxygens (including phenoxy) is 1. The number of rotatable bonds is 3. The summed E-state index contributed by atoms with van der Waals surface area (Å²) in [6.45, 7) is 2.02. The van der Waals surface area contributed by atoms with Crippen molar-refractivity contribution in [1.82, 2.24) is 20.2 Å². The van der Waals surface area contributed by atoms with Crippen LogP contribution >= 0.6 is 0 Å². The normalized spacial score (nSPS) is 10.6. The molecule has 3 aromatic rings. The van der Waals surface area contributed by atoms with Crippen LogP contribution in [0.1, 0.15) is 5.56 Å². The Hall–Kier alpha value is -2.89. The predicted molar refractivity (Wildman–Crippen MR) is 80.3 cm³/mol. The van der Waals surface area contributed by atoms with Gasteiger partial charge in [0.15, 0.2) is 5.82 Å². The zero-order chi connectivity index (χ0) is 14.8. The van der Waals surface area contributed by atoms with Gasteiger partial charge in [0.05, 0.1) is 12.8 Å². The zero-order valence-corrected chi connectivity index (χ0v) is 11.8. The third-order valence-electron chi connectivity index (χ3n) is 3.22. The molecule has 0 amide bonds. The van der Waals surface area contributed by atoms with Crippen molar-refractivity contribution in [3.63, 3.8) is 0 Å². The van der Waals surface area contributed by atoms with Crippen LogP contribution in [0, 0.1) is 6.92 Å². The van der Waals surface area contributed by atoms with Crippen molar-refractivity contribution in [2.24, 2.45) is 0 Å². The van der Waals surface area contributed by atoms with Crippen LogP contribution in [0.25, 0.3) is 17.1 Å². The molecule has 6 heteroatoms. The lowest BCUT2D eigenvalue weighted by Crippen LogP contribution is -2.02. The van der Waals surface area contributed by atoms with Gasteiger partial charge in [-0.1, -0.05) is 12.1 Å². The summed E-state index contributed by atoms with van der Waals surface area (Å²) in [5, 5.41) is 11.9. The van der Waals surface area contributed by atoms with E-state index in [1.165, 1.54) is 0 Å². The van der Waals surface area contributed by atoms with Crippen LogP contribution in [-0.4, -0.2) is 27.3 Å². The Labute approximate surface area is 122 Å². The van der Waals surface area contributed by atoms with Gasteiger partial charge >= 0.3 is 0 Å². The smallest absolute Gasteiger partial charge is 0.189 e. The molecule has 0 aliphatic carbocycles. The first kappa shape index (κ1) is 13.1. The van der Waals surface area contributed by atoms with E-state index in [1.54, 1.807) is 23.9 Å². The molecule has 0 spiro atoms. The van der Waals surface area contributed by atoms with Crippen LogP contribution in [0.4, 0.5) is 5.69 Å². The molecule has 6 nitrogen and oxygen atoms in total. The fraction of sp³-hybridized carbons (Fsp3) is 0.133. The van der Waals surface area contributed by atoms with Gasteiger partial charge in [-0.3, -0.25) is 0 Å². The van der Waals surface area contributed by atoms with Crippen LogP contribution < -0.4 is 10.5 Å². The number of nitrogens with two attached hydrogens (primary N) is 1. The van der Waals surface area contributed by atoms with Crippen molar-refractivity contribution in [3.8, 4) is 22.8 Å². The number of benzene rings is 2. The Morgan fingerprint density at radius 2 is 2.00 bits per heavy atom. The van der Waals surface area contributed by atoms with E-state index in [9.17, 15) is 0 Å². The van der Waals surface area contributed by atoms with Crippen LogP contribution in [0.15, 0.2) is 42.5 Å². The summed E-state index contributed by atoms with van der Waals surface area (Å²) in [7, 11) is 1.61. The third kappa shape index (κ3) is 2.43. The molecule has 0 radical (unpaired) electrons. The minimum absolute atomic E-state index is 0.581. The maximum atomic E-state index is 6.05. The molecular formula is C15H15N5O. The van der Waals surface area contributed by atoms with Gasteiger partial charge in [-0.2, -0.15) is 4.68 Å². The number of methoxy groups -OCH3 is 1. The molecule has 0 saturated carbocycles. The minimum atomic E-state index is 0.581. The van der Waals surface area contributed by atoms with Gasteiger partial charge in [-0.05, 0) is 53.2 Å². The Morgan fingerprint density at radius 1 is 1.14 bits per heavy atom. The molecule has 0 aliphatic rings. The van der Waals surface area contributed by atoms with E-state index < -0.39 is 0 Å². The summed E-state index contributed by atoms with van der Waals surface area (Å²) in [5.41, 5.74) is 9.40. The fourth-order valence-corrected chi connectivity index (χ4v) is 2.14. The minimum Gasteiger partial charge on any atom is -0.497 e. The number of aromatic nitrogens is 4. The molecular weight excluding hydrogens is 266 g/mol. The zero-order valence-electron chi connectivity index (χ0n) is 11.8. The number of nitrogen functional groups attached to an aromatic ring is 1. The Bertz CT molecular complexity index is 781. The van der Waals surface area contributed by atoms with Crippen LogP contribution in [0.3, 0.4) is 0 Å². The quantitative estimate of drug-likeness (QED) is 0.745. The van der Waals surface area contributed by atoms with Gasteiger partial charge in [0.2, 0.25) is 0 Å². The van der Waals surface area contributed by atoms with Crippen molar-refractivity contribution < 1.29 is 4.74 Å². The molecule has 0 saturated heterocycles. The Balaban J connectivity index is 2.15. The molecule has 0 bridgehead atoms. The number of tetrazole rings is 1. The SMILES string of the molecule is COc1ccc(N)c(-c2nnnn2-c2cccc(C)c2)c1. The van der Waals surface area contributed by atoms with Crippen molar-refractivity contribution in [1.29, 1.82) is 0 Å². The number of hydrogen-bond donors (Lipinski definition) is 1. The fourth-order valence-electron chi connectivity index (χ4n) is 2.14. The first-order chi connectivity index (χ1) is 10.2. The van der Waals surface area contributed by atoms with Crippen molar-refractivity contribution in [2.75, 3.05) is 12.8 Å². The van der Waals surface area contributed by atoms with Crippen LogP contribution in [-0.2, 0) is 0 Å². The molecule has 2 aromatic carbocycles. The number of nitrogens with zero attached hydrogens (tertiary/aromatic N) is 4. The standard InChI is InChI=1S/C15H15N5O/c1-10-4-3-5-11(8-10)20-15(17-18-19-20)13-9-12(21-2)6-7-14(13)16/h3-9H,16H2,1-2H3. The highest BCUT2D eigenvalue weighted by molar-refractivity contribution is 5.74. The van der Waals surface area contributed by atoms with E-state index in [0.717, 1.165) is 16.8 Å². The van der Waals surface area contributed by atoms with Crippen LogP contribution in [0.2, 0.25) is 0 Å². The van der Waals surface area contributed by atoms with Gasteiger partial charge in [-0.15, -0.1) is 5.10 Å². The Kier molecular flexibility index (Phi) is 3.27. The van der Waals surface area contributed by atoms with Crippen molar-refractivity contribution >= 4 is 5.69 Å². The predicted octanol–water partition coefficient (Wildman–Crippen LogP) is 2.23. The molecule has 1 aromatic heterocycles. The highest BCUT2D eigenvalue weighted by atomic mass is 16.5. The maximum absolute atomic E-state index is 6.05. The molecule has 21 heavy (non-hydrogen) atoms. The maximum Gasteiger partial charge on any atom is 0.189 e. The monoisotopic (exact) mass is 281 g/mol. The topological polar surface area (TPSA) is 78.8 Å². The second-order valence-corrected chi connectivity index (χ2v) is 4.71. The van der Waals surface area contributed by atoms with E-state index in [2.05, 4.69) is 15.5 Å².